The standard InChI is InChI=1S/C9H8F2N2O5/c1-18-5(14)2-4-3-12-9(15)7(13(16)17)6(4)8(10)11/h3,8H,2H2,1H3,(H,12,15). The second-order valence-electron chi connectivity index (χ2n) is 3.22. The third kappa shape index (κ3) is 2.67. The lowest BCUT2D eigenvalue weighted by Gasteiger charge is -2.07. The molecule has 0 radical (unpaired) electrons. The molecule has 18 heavy (non-hydrogen) atoms. The Kier molecular flexibility index (Phi) is 4.08. The molecule has 1 rings (SSSR count). The molecule has 0 saturated heterocycles. The number of nitro groups is 1. The van der Waals surface area contributed by atoms with Gasteiger partial charge in [0.2, 0.25) is 0 Å². The smallest absolute Gasteiger partial charge is 0.343 e. The van der Waals surface area contributed by atoms with Gasteiger partial charge in [0.25, 0.3) is 6.43 Å². The molecule has 0 bridgehead atoms. The maximum absolute atomic E-state index is 12.8. The summed E-state index contributed by atoms with van der Waals surface area (Å²) in [5.41, 5.74) is -3.91. The number of hydrogen-bond acceptors (Lipinski definition) is 5. The van der Waals surface area contributed by atoms with Crippen LogP contribution in [0.3, 0.4) is 0 Å². The molecular weight excluding hydrogens is 254 g/mol. The highest BCUT2D eigenvalue weighted by atomic mass is 19.3. The Bertz CT molecular complexity index is 540. The molecule has 1 aromatic heterocycles. The van der Waals surface area contributed by atoms with Crippen LogP contribution in [0.15, 0.2) is 11.0 Å². The summed E-state index contributed by atoms with van der Waals surface area (Å²) in [6.07, 6.45) is -2.99. The van der Waals surface area contributed by atoms with E-state index >= 15 is 0 Å². The van der Waals surface area contributed by atoms with Gasteiger partial charge >= 0.3 is 17.2 Å². The predicted octanol–water partition coefficient (Wildman–Crippen LogP) is 0.936. The van der Waals surface area contributed by atoms with E-state index in [2.05, 4.69) is 4.74 Å². The van der Waals surface area contributed by atoms with Crippen LogP contribution in [0.25, 0.3) is 0 Å². The lowest BCUT2D eigenvalue weighted by molar-refractivity contribution is -0.387. The van der Waals surface area contributed by atoms with Crippen LogP contribution in [0.5, 0.6) is 0 Å². The average Bonchev–Trinajstić information content (AvgIpc) is 2.29. The first-order valence-electron chi connectivity index (χ1n) is 4.62. The van der Waals surface area contributed by atoms with E-state index in [1.165, 1.54) is 0 Å². The van der Waals surface area contributed by atoms with Crippen molar-refractivity contribution in [3.63, 3.8) is 0 Å². The van der Waals surface area contributed by atoms with Crippen LogP contribution in [0.1, 0.15) is 17.6 Å². The Morgan fingerprint density at radius 1 is 1.61 bits per heavy atom. The molecule has 0 aliphatic rings. The van der Waals surface area contributed by atoms with Crippen LogP contribution in [0.2, 0.25) is 0 Å². The van der Waals surface area contributed by atoms with Gasteiger partial charge in [-0.15, -0.1) is 0 Å². The minimum Gasteiger partial charge on any atom is -0.469 e. The topological polar surface area (TPSA) is 102 Å². The first-order chi connectivity index (χ1) is 8.38. The summed E-state index contributed by atoms with van der Waals surface area (Å²) < 4.78 is 29.8. The van der Waals surface area contributed by atoms with Gasteiger partial charge in [-0.1, -0.05) is 0 Å². The predicted molar refractivity (Wildman–Crippen MR) is 54.4 cm³/mol. The van der Waals surface area contributed by atoms with E-state index in [9.17, 15) is 28.5 Å². The molecule has 7 nitrogen and oxygen atoms in total. The Labute approximate surface area is 98.5 Å². The van der Waals surface area contributed by atoms with Crippen LogP contribution >= 0.6 is 0 Å². The fourth-order valence-electron chi connectivity index (χ4n) is 1.37. The Balaban J connectivity index is 3.44. The Hall–Kier alpha value is -2.32. The van der Waals surface area contributed by atoms with Crippen molar-refractivity contribution in [3.8, 4) is 0 Å². The summed E-state index contributed by atoms with van der Waals surface area (Å²) in [6, 6.07) is 0. The number of aromatic amines is 1. The highest BCUT2D eigenvalue weighted by Gasteiger charge is 2.30. The molecule has 9 heteroatoms. The summed E-state index contributed by atoms with van der Waals surface area (Å²) in [6.45, 7) is 0. The van der Waals surface area contributed by atoms with Crippen LogP contribution in [-0.4, -0.2) is 23.0 Å². The van der Waals surface area contributed by atoms with Crippen molar-refractivity contribution in [1.29, 1.82) is 0 Å². The molecule has 0 fully saturated rings. The molecule has 0 aliphatic carbocycles. The number of pyridine rings is 1. The number of halogens is 2. The largest absolute Gasteiger partial charge is 0.469 e. The normalized spacial score (nSPS) is 10.4. The number of nitrogens with zero attached hydrogens (tertiary/aromatic N) is 1. The maximum Gasteiger partial charge on any atom is 0.343 e. The summed E-state index contributed by atoms with van der Waals surface area (Å²) >= 11 is 0. The zero-order valence-electron chi connectivity index (χ0n) is 9.11. The van der Waals surface area contributed by atoms with Crippen molar-refractivity contribution in [2.45, 2.75) is 12.8 Å². The number of hydrogen-bond donors (Lipinski definition) is 1. The molecule has 0 unspecified atom stereocenters. The SMILES string of the molecule is COC(=O)Cc1c[nH]c(=O)c([N+](=O)[O-])c1C(F)F. The zero-order valence-corrected chi connectivity index (χ0v) is 9.11. The van der Waals surface area contributed by atoms with Gasteiger partial charge in [0.15, 0.2) is 0 Å². The number of H-pyrrole nitrogens is 1. The van der Waals surface area contributed by atoms with Crippen molar-refractivity contribution in [3.05, 3.63) is 37.8 Å². The van der Waals surface area contributed by atoms with Gasteiger partial charge in [-0.05, 0) is 5.56 Å². The number of nitrogens with one attached hydrogen (secondary N) is 1. The van der Waals surface area contributed by atoms with Gasteiger partial charge in [0.05, 0.1) is 18.5 Å². The lowest BCUT2D eigenvalue weighted by atomic mass is 10.1. The maximum atomic E-state index is 12.8. The van der Waals surface area contributed by atoms with E-state index in [0.29, 0.717) is 0 Å². The third-order valence-corrected chi connectivity index (χ3v) is 2.16. The van der Waals surface area contributed by atoms with Crippen LogP contribution in [0.4, 0.5) is 14.5 Å². The number of methoxy groups -OCH3 is 1. The van der Waals surface area contributed by atoms with E-state index in [0.717, 1.165) is 13.3 Å². The number of aromatic nitrogens is 1. The lowest BCUT2D eigenvalue weighted by Crippen LogP contribution is -2.18. The van der Waals surface area contributed by atoms with Crippen molar-refractivity contribution in [1.82, 2.24) is 4.98 Å². The third-order valence-electron chi connectivity index (χ3n) is 2.16. The molecule has 0 atom stereocenters. The van der Waals surface area contributed by atoms with Gasteiger partial charge in [-0.25, -0.2) is 8.78 Å². The summed E-state index contributed by atoms with van der Waals surface area (Å²) in [7, 11) is 1.05. The highest BCUT2D eigenvalue weighted by molar-refractivity contribution is 5.73. The van der Waals surface area contributed by atoms with E-state index in [-0.39, 0.29) is 5.56 Å². The molecule has 0 saturated carbocycles. The molecule has 0 aromatic carbocycles. The quantitative estimate of drug-likeness (QED) is 0.494. The molecular formula is C9H8F2N2O5. The van der Waals surface area contributed by atoms with E-state index in [1.807, 2.05) is 4.98 Å². The van der Waals surface area contributed by atoms with Crippen molar-refractivity contribution in [2.24, 2.45) is 0 Å². The molecule has 1 heterocycles. The fourth-order valence-corrected chi connectivity index (χ4v) is 1.37. The van der Waals surface area contributed by atoms with Crippen molar-refractivity contribution in [2.75, 3.05) is 7.11 Å². The number of esters is 1. The van der Waals surface area contributed by atoms with Crippen LogP contribution < -0.4 is 5.56 Å². The average molecular weight is 262 g/mol. The van der Waals surface area contributed by atoms with Gasteiger partial charge < -0.3 is 9.72 Å². The molecule has 0 aliphatic heterocycles. The van der Waals surface area contributed by atoms with Crippen molar-refractivity contribution < 1.29 is 23.2 Å². The summed E-state index contributed by atoms with van der Waals surface area (Å²) in [5, 5.41) is 10.6. The van der Waals surface area contributed by atoms with E-state index in [4.69, 9.17) is 0 Å². The Morgan fingerprint density at radius 3 is 2.67 bits per heavy atom. The zero-order chi connectivity index (χ0) is 13.9. The summed E-state index contributed by atoms with van der Waals surface area (Å²) in [5.74, 6) is -0.849. The minimum atomic E-state index is -3.24. The van der Waals surface area contributed by atoms with Gasteiger partial charge in [-0.3, -0.25) is 19.7 Å². The van der Waals surface area contributed by atoms with Gasteiger partial charge in [-0.2, -0.15) is 0 Å². The molecule has 98 valence electrons. The second kappa shape index (κ2) is 5.34. The number of alkyl halides is 2. The molecule has 1 N–H and O–H groups in total. The van der Waals surface area contributed by atoms with E-state index in [1.54, 1.807) is 0 Å². The molecule has 1 aromatic rings. The first-order valence-corrected chi connectivity index (χ1v) is 4.62. The highest BCUT2D eigenvalue weighted by Crippen LogP contribution is 2.29. The van der Waals surface area contributed by atoms with Gasteiger partial charge in [0.1, 0.15) is 5.56 Å². The van der Waals surface area contributed by atoms with Crippen LogP contribution in [0, 0.1) is 10.1 Å². The number of rotatable bonds is 4. The van der Waals surface area contributed by atoms with Crippen LogP contribution in [-0.2, 0) is 16.0 Å². The molecule has 0 spiro atoms. The van der Waals surface area contributed by atoms with E-state index < -0.39 is 40.5 Å². The summed E-state index contributed by atoms with van der Waals surface area (Å²) in [4.78, 5) is 33.5. The second-order valence-corrected chi connectivity index (χ2v) is 3.22. The van der Waals surface area contributed by atoms with Crippen molar-refractivity contribution >= 4 is 11.7 Å². The van der Waals surface area contributed by atoms with Gasteiger partial charge in [0, 0.05) is 6.20 Å². The first kappa shape index (κ1) is 13.7. The minimum absolute atomic E-state index is 0.344. The number of carbonyl (C=O) groups excluding carboxylic acids is 1. The number of ether oxygens (including phenoxy) is 1. The Morgan fingerprint density at radius 2 is 2.22 bits per heavy atom. The fraction of sp³-hybridized carbons (Fsp3) is 0.333. The molecule has 0 amide bonds. The number of carbonyl (C=O) groups is 1. The monoisotopic (exact) mass is 262 g/mol.